The first-order chi connectivity index (χ1) is 17.4. The third-order valence-corrected chi connectivity index (χ3v) is 6.41. The Labute approximate surface area is 209 Å². The number of carbonyl (C=O) groups is 2. The Kier molecular flexibility index (Phi) is 6.10. The first kappa shape index (κ1) is 23.4. The van der Waals surface area contributed by atoms with Crippen molar-refractivity contribution in [1.82, 2.24) is 14.5 Å². The summed E-state index contributed by atoms with van der Waals surface area (Å²) >= 11 is 0. The number of nitrogens with one attached hydrogen (secondary N) is 1. The molecule has 0 spiro atoms. The molecule has 0 aliphatic carbocycles. The predicted octanol–water partition coefficient (Wildman–Crippen LogP) is 4.28. The van der Waals surface area contributed by atoms with Crippen molar-refractivity contribution in [3.63, 3.8) is 0 Å². The van der Waals surface area contributed by atoms with Gasteiger partial charge in [-0.05, 0) is 35.9 Å². The van der Waals surface area contributed by atoms with Gasteiger partial charge in [0.05, 0.1) is 35.9 Å². The molecular formula is C28H28N4O4. The molecule has 0 saturated carbocycles. The lowest BCUT2D eigenvalue weighted by molar-refractivity contribution is -0.114. The number of nitrogens with zero attached hydrogens (tertiary/aromatic N) is 3. The van der Waals surface area contributed by atoms with Crippen molar-refractivity contribution < 1.29 is 19.1 Å². The van der Waals surface area contributed by atoms with Gasteiger partial charge < -0.3 is 24.3 Å². The Morgan fingerprint density at radius 2 is 1.92 bits per heavy atom. The number of hydrogen-bond acceptors (Lipinski definition) is 5. The summed E-state index contributed by atoms with van der Waals surface area (Å²) in [5.41, 5.74) is 4.25. The van der Waals surface area contributed by atoms with Gasteiger partial charge in [-0.2, -0.15) is 0 Å². The van der Waals surface area contributed by atoms with E-state index in [0.717, 1.165) is 28.8 Å². The molecule has 0 unspecified atom stereocenters. The van der Waals surface area contributed by atoms with Gasteiger partial charge in [0, 0.05) is 33.0 Å². The van der Waals surface area contributed by atoms with Crippen LogP contribution in [0.1, 0.15) is 22.8 Å². The number of para-hydroxylation sites is 2. The molecule has 0 radical (unpaired) electrons. The number of imidazole rings is 1. The second-order valence-electron chi connectivity index (χ2n) is 9.00. The number of ether oxygens (including phenoxy) is 2. The molecule has 0 fully saturated rings. The molecule has 1 aromatic heterocycles. The van der Waals surface area contributed by atoms with Crippen molar-refractivity contribution in [2.24, 2.45) is 7.05 Å². The molecule has 1 atom stereocenters. The summed E-state index contributed by atoms with van der Waals surface area (Å²) in [4.78, 5) is 32.0. The molecule has 36 heavy (non-hydrogen) atoms. The number of rotatable bonds is 6. The van der Waals surface area contributed by atoms with Gasteiger partial charge in [0.25, 0.3) is 5.91 Å². The van der Waals surface area contributed by atoms with E-state index in [9.17, 15) is 9.59 Å². The quantitative estimate of drug-likeness (QED) is 0.442. The second-order valence-corrected chi connectivity index (χ2v) is 9.00. The van der Waals surface area contributed by atoms with Crippen molar-refractivity contribution in [2.75, 3.05) is 26.0 Å². The molecule has 2 heterocycles. The molecule has 2 amide bonds. The highest BCUT2D eigenvalue weighted by molar-refractivity contribution is 6.05. The first-order valence-electron chi connectivity index (χ1n) is 11.8. The van der Waals surface area contributed by atoms with Crippen LogP contribution >= 0.6 is 0 Å². The molecule has 4 aromatic rings. The van der Waals surface area contributed by atoms with Crippen LogP contribution in [0.5, 0.6) is 11.5 Å². The van der Waals surface area contributed by atoms with E-state index in [2.05, 4.69) is 5.32 Å². The van der Waals surface area contributed by atoms with E-state index in [-0.39, 0.29) is 17.9 Å². The minimum absolute atomic E-state index is 0.109. The maximum atomic E-state index is 13.5. The zero-order valence-electron chi connectivity index (χ0n) is 20.7. The van der Waals surface area contributed by atoms with Gasteiger partial charge >= 0.3 is 0 Å². The molecule has 8 nitrogen and oxygen atoms in total. The Morgan fingerprint density at radius 1 is 1.17 bits per heavy atom. The number of likely N-dealkylation sites (N-methyl/N-ethyl adjacent to an activating group) is 1. The zero-order valence-corrected chi connectivity index (χ0v) is 20.7. The van der Waals surface area contributed by atoms with Crippen LogP contribution in [0.4, 0.5) is 5.69 Å². The number of benzene rings is 3. The van der Waals surface area contributed by atoms with Crippen molar-refractivity contribution in [3.8, 4) is 22.9 Å². The predicted molar refractivity (Wildman–Crippen MR) is 139 cm³/mol. The molecule has 0 saturated heterocycles. The van der Waals surface area contributed by atoms with Crippen LogP contribution < -0.4 is 14.8 Å². The Balaban J connectivity index is 1.49. The molecule has 8 heteroatoms. The summed E-state index contributed by atoms with van der Waals surface area (Å²) in [5, 5.41) is 2.87. The van der Waals surface area contributed by atoms with Crippen molar-refractivity contribution in [3.05, 3.63) is 71.8 Å². The summed E-state index contributed by atoms with van der Waals surface area (Å²) < 4.78 is 13.5. The first-order valence-corrected chi connectivity index (χ1v) is 11.8. The summed E-state index contributed by atoms with van der Waals surface area (Å²) in [6, 6.07) is 19.0. The number of hydrogen-bond donors (Lipinski definition) is 1. The number of aryl methyl sites for hydroxylation is 1. The fraction of sp³-hybridized carbons (Fsp3) is 0.250. The second kappa shape index (κ2) is 9.37. The van der Waals surface area contributed by atoms with Crippen LogP contribution in [-0.4, -0.2) is 53.1 Å². The monoisotopic (exact) mass is 484 g/mol. The Hall–Kier alpha value is -4.33. The SMILES string of the molecule is COc1ccccc1-c1nc2cc(C(=O)N(C)C[C@H]3Cc4ccccc4O3)cc(NC(C)=O)c2n1C. The van der Waals surface area contributed by atoms with Gasteiger partial charge in [0.1, 0.15) is 23.4 Å². The van der Waals surface area contributed by atoms with E-state index in [1.165, 1.54) is 6.92 Å². The Bertz CT molecular complexity index is 1450. The summed E-state index contributed by atoms with van der Waals surface area (Å²) in [5.74, 6) is 1.82. The van der Waals surface area contributed by atoms with Gasteiger partial charge in [0.15, 0.2) is 0 Å². The number of carbonyl (C=O) groups excluding carboxylic acids is 2. The van der Waals surface area contributed by atoms with Crippen LogP contribution in [0.2, 0.25) is 0 Å². The van der Waals surface area contributed by atoms with E-state index < -0.39 is 0 Å². The normalized spacial score (nSPS) is 14.3. The number of aromatic nitrogens is 2. The van der Waals surface area contributed by atoms with Gasteiger partial charge in [0.2, 0.25) is 5.91 Å². The van der Waals surface area contributed by atoms with Crippen LogP contribution in [0.3, 0.4) is 0 Å². The van der Waals surface area contributed by atoms with Crippen molar-refractivity contribution >= 4 is 28.5 Å². The number of fused-ring (bicyclic) bond motifs is 2. The zero-order chi connectivity index (χ0) is 25.4. The molecule has 1 aliphatic rings. The summed E-state index contributed by atoms with van der Waals surface area (Å²) in [7, 11) is 5.25. The summed E-state index contributed by atoms with van der Waals surface area (Å²) in [6.07, 6.45) is 0.647. The van der Waals surface area contributed by atoms with Crippen LogP contribution in [-0.2, 0) is 18.3 Å². The standard InChI is InChI=1S/C28H28N4O4/c1-17(33)29-22-14-19(28(34)31(2)16-20-13-18-9-5-7-11-24(18)36-20)15-23-26(22)32(3)27(30-23)21-10-6-8-12-25(21)35-4/h5-12,14-15,20H,13,16H2,1-4H3,(H,29,33)/t20-/m1/s1. The van der Waals surface area contributed by atoms with Gasteiger partial charge in [-0.15, -0.1) is 0 Å². The van der Waals surface area contributed by atoms with Gasteiger partial charge in [-0.25, -0.2) is 4.98 Å². The fourth-order valence-electron chi connectivity index (χ4n) is 4.80. The maximum absolute atomic E-state index is 13.5. The van der Waals surface area contributed by atoms with Crippen LogP contribution in [0, 0.1) is 0 Å². The largest absolute Gasteiger partial charge is 0.496 e. The third-order valence-electron chi connectivity index (χ3n) is 6.41. The molecule has 184 valence electrons. The number of anilines is 1. The maximum Gasteiger partial charge on any atom is 0.253 e. The fourth-order valence-corrected chi connectivity index (χ4v) is 4.80. The number of amides is 2. The minimum atomic E-state index is -0.230. The highest BCUT2D eigenvalue weighted by atomic mass is 16.5. The molecule has 0 bridgehead atoms. The third kappa shape index (κ3) is 4.26. The van der Waals surface area contributed by atoms with E-state index in [0.29, 0.717) is 34.9 Å². The molecule has 3 aromatic carbocycles. The summed E-state index contributed by atoms with van der Waals surface area (Å²) in [6.45, 7) is 1.88. The van der Waals surface area contributed by atoms with Gasteiger partial charge in [-0.1, -0.05) is 30.3 Å². The number of methoxy groups -OCH3 is 1. The minimum Gasteiger partial charge on any atom is -0.496 e. The van der Waals surface area contributed by atoms with Crippen LogP contribution in [0.25, 0.3) is 22.4 Å². The lowest BCUT2D eigenvalue weighted by Crippen LogP contribution is -2.36. The molecular weight excluding hydrogens is 456 g/mol. The Morgan fingerprint density at radius 3 is 2.67 bits per heavy atom. The smallest absolute Gasteiger partial charge is 0.253 e. The topological polar surface area (TPSA) is 85.7 Å². The molecule has 5 rings (SSSR count). The van der Waals surface area contributed by atoms with Crippen LogP contribution in [0.15, 0.2) is 60.7 Å². The molecule has 1 aliphatic heterocycles. The average Bonchev–Trinajstić information content (AvgIpc) is 3.43. The van der Waals surface area contributed by atoms with E-state index >= 15 is 0 Å². The lowest BCUT2D eigenvalue weighted by atomic mass is 10.1. The highest BCUT2D eigenvalue weighted by Crippen LogP contribution is 2.35. The van der Waals surface area contributed by atoms with Gasteiger partial charge in [-0.3, -0.25) is 9.59 Å². The van der Waals surface area contributed by atoms with Crippen molar-refractivity contribution in [1.29, 1.82) is 0 Å². The lowest BCUT2D eigenvalue weighted by Gasteiger charge is -2.21. The van der Waals surface area contributed by atoms with E-state index in [1.807, 2.05) is 60.1 Å². The van der Waals surface area contributed by atoms with Crippen molar-refractivity contribution in [2.45, 2.75) is 19.4 Å². The average molecular weight is 485 g/mol. The molecule has 1 N–H and O–H groups in total. The van der Waals surface area contributed by atoms with E-state index in [1.54, 1.807) is 31.2 Å². The van der Waals surface area contributed by atoms with E-state index in [4.69, 9.17) is 14.5 Å². The highest BCUT2D eigenvalue weighted by Gasteiger charge is 2.26.